The number of non-ortho nitro benzene ring substituents is 1. The van der Waals surface area contributed by atoms with Crippen molar-refractivity contribution in [3.8, 4) is 11.3 Å². The molecule has 0 aliphatic carbocycles. The number of halogens is 1. The molecular weight excluding hydrogens is 478 g/mol. The lowest BCUT2D eigenvalue weighted by Crippen LogP contribution is -2.27. The molecule has 1 fully saturated rings. The molecule has 32 heavy (non-hydrogen) atoms. The third kappa shape index (κ3) is 4.13. The van der Waals surface area contributed by atoms with Crippen LogP contribution in [0.5, 0.6) is 0 Å². The number of carbonyl (C=O) groups is 1. The average molecular weight is 488 g/mol. The average Bonchev–Trinajstić information content (AvgIpc) is 3.32. The molecule has 0 spiro atoms. The van der Waals surface area contributed by atoms with Gasteiger partial charge in [0, 0.05) is 29.3 Å². The first-order valence-corrected chi connectivity index (χ1v) is 10.4. The van der Waals surface area contributed by atoms with Gasteiger partial charge in [-0.15, -0.1) is 0 Å². The SMILES string of the molecule is O=C1/C(=C/c2ccc(-c3ccc(Cl)cc3[N+](=O)[O-])o2)SC(=S)N1c1ccc([N+](=O)[O-])cc1. The Kier molecular flexibility index (Phi) is 5.78. The number of furan rings is 1. The van der Waals surface area contributed by atoms with Crippen LogP contribution < -0.4 is 4.90 Å². The minimum absolute atomic E-state index is 0.103. The van der Waals surface area contributed by atoms with Gasteiger partial charge in [0.25, 0.3) is 17.3 Å². The van der Waals surface area contributed by atoms with E-state index in [1.165, 1.54) is 53.4 Å². The molecule has 0 radical (unpaired) electrons. The number of hydrogen-bond donors (Lipinski definition) is 0. The number of anilines is 1. The van der Waals surface area contributed by atoms with Gasteiger partial charge < -0.3 is 4.42 Å². The molecule has 0 bridgehead atoms. The van der Waals surface area contributed by atoms with Crippen LogP contribution in [0.4, 0.5) is 17.1 Å². The highest BCUT2D eigenvalue weighted by Crippen LogP contribution is 2.38. The zero-order valence-corrected chi connectivity index (χ0v) is 18.1. The largest absolute Gasteiger partial charge is 0.456 e. The second-order valence-electron chi connectivity index (χ2n) is 6.41. The summed E-state index contributed by atoms with van der Waals surface area (Å²) in [6.45, 7) is 0. The normalized spacial score (nSPS) is 14.9. The van der Waals surface area contributed by atoms with Crippen molar-refractivity contribution in [3.63, 3.8) is 0 Å². The third-order valence-electron chi connectivity index (χ3n) is 4.43. The molecule has 1 aliphatic heterocycles. The summed E-state index contributed by atoms with van der Waals surface area (Å²) in [5, 5.41) is 22.4. The first-order valence-electron chi connectivity index (χ1n) is 8.81. The standard InChI is InChI=1S/C20H10ClN3O6S2/c21-11-1-7-15(16(9-11)24(28)29)17-8-6-14(30-17)10-18-19(25)22(20(31)32-18)12-2-4-13(5-3-12)23(26)27/h1-10H/b18-10-. The van der Waals surface area contributed by atoms with Gasteiger partial charge in [0.15, 0.2) is 4.32 Å². The van der Waals surface area contributed by atoms with Crippen LogP contribution in [0.3, 0.4) is 0 Å². The first kappa shape index (κ1) is 21.7. The van der Waals surface area contributed by atoms with Crippen molar-refractivity contribution in [1.29, 1.82) is 0 Å². The highest BCUT2D eigenvalue weighted by atomic mass is 35.5. The summed E-state index contributed by atoms with van der Waals surface area (Å²) in [4.78, 5) is 35.5. The molecule has 2 aromatic carbocycles. The molecular formula is C20H10ClN3O6S2. The lowest BCUT2D eigenvalue weighted by molar-refractivity contribution is -0.384. The van der Waals surface area contributed by atoms with Crippen LogP contribution in [0, 0.1) is 20.2 Å². The fraction of sp³-hybridized carbons (Fsp3) is 0. The molecule has 0 atom stereocenters. The number of rotatable bonds is 5. The van der Waals surface area contributed by atoms with Crippen LogP contribution in [0.2, 0.25) is 5.02 Å². The van der Waals surface area contributed by atoms with E-state index in [2.05, 4.69) is 0 Å². The zero-order valence-electron chi connectivity index (χ0n) is 15.8. The number of nitro benzene ring substituents is 2. The quantitative estimate of drug-likeness (QED) is 0.191. The van der Waals surface area contributed by atoms with Crippen LogP contribution in [0.25, 0.3) is 17.4 Å². The van der Waals surface area contributed by atoms with Crippen molar-refractivity contribution in [3.05, 3.63) is 90.5 Å². The van der Waals surface area contributed by atoms with Gasteiger partial charge in [-0.1, -0.05) is 35.6 Å². The number of hydrogen-bond acceptors (Lipinski definition) is 8. The Morgan fingerprint density at radius 3 is 2.41 bits per heavy atom. The van der Waals surface area contributed by atoms with Crippen LogP contribution in [-0.2, 0) is 4.79 Å². The summed E-state index contributed by atoms with van der Waals surface area (Å²) in [5.41, 5.74) is 0.341. The second-order valence-corrected chi connectivity index (χ2v) is 8.52. The summed E-state index contributed by atoms with van der Waals surface area (Å²) in [6.07, 6.45) is 1.48. The predicted molar refractivity (Wildman–Crippen MR) is 125 cm³/mol. The van der Waals surface area contributed by atoms with Crippen molar-refractivity contribution >= 4 is 68.9 Å². The van der Waals surface area contributed by atoms with Crippen molar-refractivity contribution in [2.45, 2.75) is 0 Å². The fourth-order valence-corrected chi connectivity index (χ4v) is 4.43. The maximum absolute atomic E-state index is 12.9. The highest BCUT2D eigenvalue weighted by molar-refractivity contribution is 8.27. The smallest absolute Gasteiger partial charge is 0.281 e. The first-order chi connectivity index (χ1) is 15.2. The maximum Gasteiger partial charge on any atom is 0.281 e. The van der Waals surface area contributed by atoms with E-state index < -0.39 is 15.8 Å². The predicted octanol–water partition coefficient (Wildman–Crippen LogP) is 5.82. The number of amides is 1. The summed E-state index contributed by atoms with van der Waals surface area (Å²) in [6, 6.07) is 12.8. The Labute approximate surface area is 194 Å². The molecule has 0 saturated carbocycles. The van der Waals surface area contributed by atoms with Crippen molar-refractivity contribution in [1.82, 2.24) is 0 Å². The topological polar surface area (TPSA) is 120 Å². The molecule has 12 heteroatoms. The Morgan fingerprint density at radius 1 is 1.03 bits per heavy atom. The highest BCUT2D eigenvalue weighted by Gasteiger charge is 2.34. The van der Waals surface area contributed by atoms with Gasteiger partial charge in [-0.3, -0.25) is 29.9 Å². The molecule has 1 aliphatic rings. The van der Waals surface area contributed by atoms with E-state index in [0.717, 1.165) is 11.8 Å². The molecule has 9 nitrogen and oxygen atoms in total. The molecule has 1 saturated heterocycles. The number of nitrogens with zero attached hydrogens (tertiary/aromatic N) is 3. The minimum Gasteiger partial charge on any atom is -0.456 e. The van der Waals surface area contributed by atoms with E-state index in [4.69, 9.17) is 28.2 Å². The van der Waals surface area contributed by atoms with Gasteiger partial charge in [-0.2, -0.15) is 0 Å². The minimum atomic E-state index is -0.557. The lowest BCUT2D eigenvalue weighted by Gasteiger charge is -2.13. The molecule has 3 aromatic rings. The Balaban J connectivity index is 1.62. The fourth-order valence-electron chi connectivity index (χ4n) is 2.98. The summed E-state index contributed by atoms with van der Waals surface area (Å²) in [5.74, 6) is 0.128. The molecule has 0 unspecified atom stereocenters. The van der Waals surface area contributed by atoms with Gasteiger partial charge >= 0.3 is 0 Å². The second kappa shape index (κ2) is 8.54. The Bertz CT molecular complexity index is 1320. The molecule has 1 aromatic heterocycles. The molecule has 160 valence electrons. The van der Waals surface area contributed by atoms with E-state index in [1.807, 2.05) is 0 Å². The number of thioether (sulfide) groups is 1. The van der Waals surface area contributed by atoms with Crippen LogP contribution >= 0.6 is 35.6 Å². The van der Waals surface area contributed by atoms with E-state index >= 15 is 0 Å². The summed E-state index contributed by atoms with van der Waals surface area (Å²) < 4.78 is 5.96. The van der Waals surface area contributed by atoms with Crippen LogP contribution in [-0.4, -0.2) is 20.1 Å². The lowest BCUT2D eigenvalue weighted by atomic mass is 10.1. The summed E-state index contributed by atoms with van der Waals surface area (Å²) >= 11 is 12.2. The van der Waals surface area contributed by atoms with Crippen molar-refractivity contribution < 1.29 is 19.1 Å². The number of thiocarbonyl (C=S) groups is 1. The number of benzene rings is 2. The monoisotopic (exact) mass is 487 g/mol. The van der Waals surface area contributed by atoms with Crippen LogP contribution in [0.1, 0.15) is 5.76 Å². The van der Waals surface area contributed by atoms with E-state index in [1.54, 1.807) is 12.1 Å². The van der Waals surface area contributed by atoms with Gasteiger partial charge in [0.05, 0.1) is 26.0 Å². The van der Waals surface area contributed by atoms with Gasteiger partial charge in [-0.25, -0.2) is 0 Å². The number of carbonyl (C=O) groups excluding carboxylic acids is 1. The third-order valence-corrected chi connectivity index (χ3v) is 5.97. The van der Waals surface area contributed by atoms with Gasteiger partial charge in [0.2, 0.25) is 0 Å². The molecule has 2 heterocycles. The van der Waals surface area contributed by atoms with E-state index in [9.17, 15) is 25.0 Å². The summed E-state index contributed by atoms with van der Waals surface area (Å²) in [7, 11) is 0. The Hall–Kier alpha value is -3.54. The van der Waals surface area contributed by atoms with Crippen molar-refractivity contribution in [2.75, 3.05) is 4.90 Å². The zero-order chi connectivity index (χ0) is 23.0. The van der Waals surface area contributed by atoms with E-state index in [0.29, 0.717) is 11.4 Å². The maximum atomic E-state index is 12.9. The molecule has 0 N–H and O–H groups in total. The molecule has 1 amide bonds. The van der Waals surface area contributed by atoms with Crippen LogP contribution in [0.15, 0.2) is 63.9 Å². The van der Waals surface area contributed by atoms with Gasteiger partial charge in [0.1, 0.15) is 11.5 Å². The van der Waals surface area contributed by atoms with E-state index in [-0.39, 0.29) is 36.9 Å². The molecule has 4 rings (SSSR count). The van der Waals surface area contributed by atoms with Gasteiger partial charge in [-0.05, 0) is 36.4 Å². The Morgan fingerprint density at radius 2 is 1.75 bits per heavy atom. The van der Waals surface area contributed by atoms with Crippen molar-refractivity contribution in [2.24, 2.45) is 0 Å². The number of nitro groups is 2.